The second kappa shape index (κ2) is 9.63. The molecular weight excluding hydrogens is 366 g/mol. The number of hydrogen-bond acceptors (Lipinski definition) is 3. The summed E-state index contributed by atoms with van der Waals surface area (Å²) in [5.74, 6) is 0.792. The van der Waals surface area contributed by atoms with Crippen molar-refractivity contribution in [1.29, 1.82) is 0 Å². The summed E-state index contributed by atoms with van der Waals surface area (Å²) in [7, 11) is 1.65. The molecule has 2 aromatic rings. The Morgan fingerprint density at radius 2 is 1.90 bits per heavy atom. The lowest BCUT2D eigenvalue weighted by Gasteiger charge is -2.39. The molecule has 0 N–H and O–H groups in total. The van der Waals surface area contributed by atoms with E-state index < -0.39 is 0 Å². The number of para-hydroxylation sites is 1. The molecule has 1 aliphatic heterocycles. The van der Waals surface area contributed by atoms with Gasteiger partial charge in [-0.2, -0.15) is 0 Å². The average molecular weight is 398 g/mol. The molecule has 0 aliphatic carbocycles. The number of rotatable bonds is 8. The van der Waals surface area contributed by atoms with Crippen LogP contribution in [-0.2, 0) is 16.1 Å². The minimum absolute atomic E-state index is 0.0220. The normalized spacial score (nSPS) is 15.7. The van der Waals surface area contributed by atoms with E-state index in [1.54, 1.807) is 12.0 Å². The van der Waals surface area contributed by atoms with Gasteiger partial charge in [0, 0.05) is 43.5 Å². The van der Waals surface area contributed by atoms with Gasteiger partial charge >= 0.3 is 0 Å². The van der Waals surface area contributed by atoms with Gasteiger partial charge in [0.05, 0.1) is 13.7 Å². The highest BCUT2D eigenvalue weighted by atomic mass is 16.5. The quantitative estimate of drug-likeness (QED) is 0.685. The lowest BCUT2D eigenvalue weighted by atomic mass is 9.98. The van der Waals surface area contributed by atoms with E-state index in [1.165, 1.54) is 0 Å². The molecule has 1 aromatic heterocycles. The summed E-state index contributed by atoms with van der Waals surface area (Å²) in [6.45, 7) is 6.09. The van der Waals surface area contributed by atoms with Gasteiger partial charge in [-0.15, -0.1) is 0 Å². The van der Waals surface area contributed by atoms with Crippen LogP contribution in [0.15, 0.2) is 42.6 Å². The Morgan fingerprint density at radius 1 is 1.10 bits per heavy atom. The summed E-state index contributed by atoms with van der Waals surface area (Å²) < 4.78 is 7.78. The van der Waals surface area contributed by atoms with Gasteiger partial charge in [-0.1, -0.05) is 32.0 Å². The second-order valence-corrected chi connectivity index (χ2v) is 7.42. The number of amides is 2. The number of carbonyl (C=O) groups excluding carboxylic acids is 2. The topological polar surface area (TPSA) is 54.8 Å². The first-order valence-electron chi connectivity index (χ1n) is 10.5. The smallest absolute Gasteiger partial charge is 0.243 e. The number of nitrogens with zero attached hydrogens (tertiary/aromatic N) is 3. The van der Waals surface area contributed by atoms with E-state index in [2.05, 4.69) is 10.6 Å². The highest BCUT2D eigenvalue weighted by Crippen LogP contribution is 2.37. The van der Waals surface area contributed by atoms with E-state index >= 15 is 0 Å². The van der Waals surface area contributed by atoms with Crippen LogP contribution >= 0.6 is 0 Å². The molecule has 6 heteroatoms. The second-order valence-electron chi connectivity index (χ2n) is 7.42. The summed E-state index contributed by atoms with van der Waals surface area (Å²) in [6.07, 6.45) is 4.15. The van der Waals surface area contributed by atoms with Crippen LogP contribution in [0.2, 0.25) is 0 Å². The molecule has 0 fully saturated rings. The lowest BCUT2D eigenvalue weighted by molar-refractivity contribution is -0.142. The van der Waals surface area contributed by atoms with Crippen LogP contribution in [0.5, 0.6) is 5.75 Å². The highest BCUT2D eigenvalue weighted by molar-refractivity contribution is 5.85. The van der Waals surface area contributed by atoms with Crippen molar-refractivity contribution in [1.82, 2.24) is 14.4 Å². The van der Waals surface area contributed by atoms with Gasteiger partial charge in [0.2, 0.25) is 11.8 Å². The van der Waals surface area contributed by atoms with Gasteiger partial charge < -0.3 is 19.1 Å². The molecule has 156 valence electrons. The fourth-order valence-electron chi connectivity index (χ4n) is 4.06. The van der Waals surface area contributed by atoms with E-state index in [0.29, 0.717) is 19.5 Å². The van der Waals surface area contributed by atoms with Crippen LogP contribution in [0.4, 0.5) is 0 Å². The highest BCUT2D eigenvalue weighted by Gasteiger charge is 2.34. The van der Waals surface area contributed by atoms with Gasteiger partial charge in [-0.25, -0.2) is 0 Å². The molecule has 2 heterocycles. The zero-order chi connectivity index (χ0) is 20.8. The van der Waals surface area contributed by atoms with E-state index in [-0.39, 0.29) is 24.4 Å². The third-order valence-corrected chi connectivity index (χ3v) is 5.43. The predicted octanol–water partition coefficient (Wildman–Crippen LogP) is 3.47. The number of methoxy groups -OCH3 is 1. The van der Waals surface area contributed by atoms with Gasteiger partial charge in [0.1, 0.15) is 11.8 Å². The average Bonchev–Trinajstić information content (AvgIpc) is 3.21. The molecule has 1 aliphatic rings. The minimum Gasteiger partial charge on any atom is -0.496 e. The lowest BCUT2D eigenvalue weighted by Crippen LogP contribution is -2.48. The Labute approximate surface area is 173 Å². The van der Waals surface area contributed by atoms with E-state index in [1.807, 2.05) is 55.3 Å². The fourth-order valence-corrected chi connectivity index (χ4v) is 4.06. The Bertz CT molecular complexity index is 845. The molecular formula is C23H31N3O3. The van der Waals surface area contributed by atoms with Crippen LogP contribution < -0.4 is 4.74 Å². The Kier molecular flexibility index (Phi) is 6.96. The van der Waals surface area contributed by atoms with E-state index in [9.17, 15) is 9.59 Å². The summed E-state index contributed by atoms with van der Waals surface area (Å²) >= 11 is 0. The van der Waals surface area contributed by atoms with E-state index in [0.717, 1.165) is 36.4 Å². The maximum absolute atomic E-state index is 13.4. The monoisotopic (exact) mass is 397 g/mol. The maximum atomic E-state index is 13.4. The zero-order valence-corrected chi connectivity index (χ0v) is 17.6. The van der Waals surface area contributed by atoms with Crippen molar-refractivity contribution in [2.75, 3.05) is 26.7 Å². The molecule has 0 radical (unpaired) electrons. The molecule has 29 heavy (non-hydrogen) atoms. The summed E-state index contributed by atoms with van der Waals surface area (Å²) in [6, 6.07) is 11.7. The summed E-state index contributed by atoms with van der Waals surface area (Å²) in [5.41, 5.74) is 2.03. The van der Waals surface area contributed by atoms with Crippen molar-refractivity contribution in [2.24, 2.45) is 0 Å². The Hall–Kier alpha value is -2.76. The zero-order valence-electron chi connectivity index (χ0n) is 17.6. The first-order chi connectivity index (χ1) is 14.1. The SMILES string of the molecule is CCCC(=O)N(CCC)CC(=O)N1CCn2cccc2C1c1ccccc1OC. The van der Waals surface area contributed by atoms with Crippen molar-refractivity contribution in [3.63, 3.8) is 0 Å². The van der Waals surface area contributed by atoms with Gasteiger partial charge in [-0.05, 0) is 31.0 Å². The molecule has 1 aromatic carbocycles. The maximum Gasteiger partial charge on any atom is 0.243 e. The van der Waals surface area contributed by atoms with Gasteiger partial charge in [-0.3, -0.25) is 9.59 Å². The predicted molar refractivity (Wildman–Crippen MR) is 113 cm³/mol. The summed E-state index contributed by atoms with van der Waals surface area (Å²) in [4.78, 5) is 29.5. The van der Waals surface area contributed by atoms with Crippen LogP contribution in [0.3, 0.4) is 0 Å². The first kappa shape index (κ1) is 21.0. The Balaban J connectivity index is 1.92. The number of aromatic nitrogens is 1. The molecule has 1 atom stereocenters. The number of benzene rings is 1. The molecule has 6 nitrogen and oxygen atoms in total. The fraction of sp³-hybridized carbons (Fsp3) is 0.478. The number of ether oxygens (including phenoxy) is 1. The molecule has 1 unspecified atom stereocenters. The minimum atomic E-state index is -0.229. The molecule has 0 saturated carbocycles. The standard InChI is InChI=1S/C23H31N3O3/c1-4-9-21(27)25(13-5-2)17-22(28)26-16-15-24-14-8-11-19(24)23(26)18-10-6-7-12-20(18)29-3/h6-8,10-12,14,23H,4-5,9,13,15-17H2,1-3H3. The first-order valence-corrected chi connectivity index (χ1v) is 10.5. The van der Waals surface area contributed by atoms with Crippen LogP contribution in [-0.4, -0.2) is 52.9 Å². The largest absolute Gasteiger partial charge is 0.496 e. The molecule has 2 amide bonds. The third kappa shape index (κ3) is 4.47. The number of carbonyl (C=O) groups is 2. The number of hydrogen-bond donors (Lipinski definition) is 0. The van der Waals surface area contributed by atoms with Crippen molar-refractivity contribution < 1.29 is 14.3 Å². The molecule has 0 saturated heterocycles. The van der Waals surface area contributed by atoms with Crippen molar-refractivity contribution in [3.8, 4) is 5.75 Å². The van der Waals surface area contributed by atoms with Gasteiger partial charge in [0.25, 0.3) is 0 Å². The third-order valence-electron chi connectivity index (χ3n) is 5.43. The molecule has 0 bridgehead atoms. The Morgan fingerprint density at radius 3 is 2.62 bits per heavy atom. The van der Waals surface area contributed by atoms with Crippen molar-refractivity contribution in [3.05, 3.63) is 53.9 Å². The van der Waals surface area contributed by atoms with Crippen molar-refractivity contribution in [2.45, 2.75) is 45.7 Å². The molecule has 0 spiro atoms. The molecule has 3 rings (SSSR count). The summed E-state index contributed by atoms with van der Waals surface area (Å²) in [5, 5.41) is 0. The van der Waals surface area contributed by atoms with E-state index in [4.69, 9.17) is 4.74 Å². The van der Waals surface area contributed by atoms with Gasteiger partial charge in [0.15, 0.2) is 0 Å². The number of fused-ring (bicyclic) bond motifs is 1. The van der Waals surface area contributed by atoms with Crippen molar-refractivity contribution >= 4 is 11.8 Å². The van der Waals surface area contributed by atoms with Crippen LogP contribution in [0.25, 0.3) is 0 Å². The van der Waals surface area contributed by atoms with Crippen LogP contribution in [0.1, 0.15) is 50.4 Å². The van der Waals surface area contributed by atoms with Crippen LogP contribution in [0, 0.1) is 0 Å².